The second kappa shape index (κ2) is 4.96. The largest absolute Gasteiger partial charge is 0.478 e. The van der Waals surface area contributed by atoms with Gasteiger partial charge in [0.05, 0.1) is 7.11 Å². The Labute approximate surface area is 91.1 Å². The Morgan fingerprint density at radius 3 is 2.56 bits per heavy atom. The summed E-state index contributed by atoms with van der Waals surface area (Å²) in [5.41, 5.74) is 4.86. The number of nitrogens with two attached hydrogens (primary N) is 1. The van der Waals surface area contributed by atoms with E-state index in [1.807, 2.05) is 0 Å². The van der Waals surface area contributed by atoms with Crippen LogP contribution in [0.2, 0.25) is 0 Å². The first-order valence-corrected chi connectivity index (χ1v) is 4.23. The minimum atomic E-state index is -1.06. The minimum Gasteiger partial charge on any atom is -0.478 e. The summed E-state index contributed by atoms with van der Waals surface area (Å²) in [6.07, 6.45) is 0.282. The fraction of sp³-hybridized carbons (Fsp3) is 0.222. The highest BCUT2D eigenvalue weighted by Crippen LogP contribution is 2.34. The van der Waals surface area contributed by atoms with Crippen molar-refractivity contribution in [2.45, 2.75) is 6.92 Å². The van der Waals surface area contributed by atoms with Gasteiger partial charge in [0.15, 0.2) is 5.75 Å². The number of rotatable bonds is 3. The summed E-state index contributed by atoms with van der Waals surface area (Å²) in [4.78, 5) is 25.2. The van der Waals surface area contributed by atoms with Crippen LogP contribution in [0.3, 0.4) is 0 Å². The molecule has 1 rings (SSSR count). The van der Waals surface area contributed by atoms with Gasteiger partial charge in [0, 0.05) is 19.2 Å². The quantitative estimate of drug-likeness (QED) is 0.752. The van der Waals surface area contributed by atoms with Crippen LogP contribution in [-0.2, 0) is 4.79 Å². The van der Waals surface area contributed by atoms with Crippen LogP contribution in [0, 0.1) is 0 Å². The number of nitrogens with zero attached hydrogens (tertiary/aromatic N) is 1. The lowest BCUT2D eigenvalue weighted by molar-refractivity contribution is -0.132. The number of hydrogen-bond donors (Lipinski definition) is 1. The van der Waals surface area contributed by atoms with Gasteiger partial charge < -0.3 is 19.9 Å². The highest BCUT2D eigenvalue weighted by Gasteiger charge is 2.17. The summed E-state index contributed by atoms with van der Waals surface area (Å²) in [6.45, 7) is 1.21. The van der Waals surface area contributed by atoms with E-state index in [0.29, 0.717) is 0 Å². The van der Waals surface area contributed by atoms with E-state index in [4.69, 9.17) is 15.2 Å². The van der Waals surface area contributed by atoms with E-state index >= 15 is 0 Å². The highest BCUT2D eigenvalue weighted by molar-refractivity contribution is 5.74. The third-order valence-corrected chi connectivity index (χ3v) is 1.49. The maximum absolute atomic E-state index is 10.8. The molecule has 0 aliphatic carbocycles. The average molecular weight is 226 g/mol. The maximum atomic E-state index is 10.8. The Hall–Kier alpha value is -2.31. The zero-order valence-corrected chi connectivity index (χ0v) is 8.72. The van der Waals surface area contributed by atoms with Crippen molar-refractivity contribution >= 4 is 12.1 Å². The maximum Gasteiger partial charge on any atom is 0.410 e. The first-order valence-electron chi connectivity index (χ1n) is 4.23. The lowest BCUT2D eigenvalue weighted by Crippen LogP contribution is -2.18. The molecule has 1 aromatic heterocycles. The third-order valence-electron chi connectivity index (χ3n) is 1.49. The first kappa shape index (κ1) is 11.8. The van der Waals surface area contributed by atoms with Crippen LogP contribution in [0.15, 0.2) is 12.3 Å². The summed E-state index contributed by atoms with van der Waals surface area (Å²) in [5, 5.41) is 0. The number of aromatic nitrogens is 1. The molecule has 0 saturated carbocycles. The molecule has 1 heterocycles. The monoisotopic (exact) mass is 226 g/mol. The van der Waals surface area contributed by atoms with Gasteiger partial charge in [0.2, 0.25) is 5.75 Å². The van der Waals surface area contributed by atoms with Crippen molar-refractivity contribution in [2.24, 2.45) is 5.73 Å². The number of primary amides is 1. The van der Waals surface area contributed by atoms with E-state index < -0.39 is 12.1 Å². The molecule has 1 amide bonds. The van der Waals surface area contributed by atoms with Crippen molar-refractivity contribution in [3.05, 3.63) is 12.3 Å². The molecular formula is C9H10N2O5. The van der Waals surface area contributed by atoms with Gasteiger partial charge in [-0.25, -0.2) is 9.78 Å². The number of methoxy groups -OCH3 is 1. The van der Waals surface area contributed by atoms with E-state index in [9.17, 15) is 9.59 Å². The summed E-state index contributed by atoms with van der Waals surface area (Å²) >= 11 is 0. The molecule has 1 aromatic rings. The Bertz CT molecular complexity index is 418. The Morgan fingerprint density at radius 2 is 2.06 bits per heavy atom. The fourth-order valence-corrected chi connectivity index (χ4v) is 0.988. The molecule has 86 valence electrons. The Morgan fingerprint density at radius 1 is 1.38 bits per heavy atom. The standard InChI is InChI=1S/C9H10N2O5/c1-5(12)15-6-3-4-11-8(14-2)7(6)16-9(10)13/h3-4H,1-2H3,(H2,10,13). The molecule has 0 unspecified atom stereocenters. The van der Waals surface area contributed by atoms with E-state index in [2.05, 4.69) is 9.72 Å². The van der Waals surface area contributed by atoms with E-state index in [1.165, 1.54) is 26.3 Å². The van der Waals surface area contributed by atoms with E-state index in [0.717, 1.165) is 0 Å². The number of pyridine rings is 1. The van der Waals surface area contributed by atoms with Crippen molar-refractivity contribution < 1.29 is 23.8 Å². The first-order chi connectivity index (χ1) is 7.54. The van der Waals surface area contributed by atoms with Crippen molar-refractivity contribution in [3.63, 3.8) is 0 Å². The van der Waals surface area contributed by atoms with Crippen molar-refractivity contribution in [1.82, 2.24) is 4.98 Å². The van der Waals surface area contributed by atoms with Gasteiger partial charge in [0.25, 0.3) is 5.88 Å². The number of ether oxygens (including phenoxy) is 3. The Balaban J connectivity index is 3.14. The molecule has 0 aliphatic rings. The number of carbonyl (C=O) groups is 2. The normalized spacial score (nSPS) is 9.38. The molecule has 0 saturated heterocycles. The van der Waals surface area contributed by atoms with Crippen LogP contribution in [0.4, 0.5) is 4.79 Å². The van der Waals surface area contributed by atoms with Crippen LogP contribution in [0.25, 0.3) is 0 Å². The van der Waals surface area contributed by atoms with Crippen molar-refractivity contribution in [2.75, 3.05) is 7.11 Å². The van der Waals surface area contributed by atoms with Gasteiger partial charge in [0.1, 0.15) is 0 Å². The number of hydrogen-bond acceptors (Lipinski definition) is 6. The van der Waals surface area contributed by atoms with Crippen molar-refractivity contribution in [3.8, 4) is 17.4 Å². The molecular weight excluding hydrogens is 216 g/mol. The lowest BCUT2D eigenvalue weighted by atomic mass is 10.4. The SMILES string of the molecule is COc1nccc(OC(C)=O)c1OC(N)=O. The molecule has 0 fully saturated rings. The average Bonchev–Trinajstić information content (AvgIpc) is 2.19. The second-order valence-electron chi connectivity index (χ2n) is 2.66. The second-order valence-corrected chi connectivity index (χ2v) is 2.66. The summed E-state index contributed by atoms with van der Waals surface area (Å²) in [6, 6.07) is 1.35. The molecule has 0 spiro atoms. The summed E-state index contributed by atoms with van der Waals surface area (Å²) < 4.78 is 14.3. The molecule has 0 bridgehead atoms. The fourth-order valence-electron chi connectivity index (χ4n) is 0.988. The van der Waals surface area contributed by atoms with E-state index in [-0.39, 0.29) is 17.4 Å². The van der Waals surface area contributed by atoms with Gasteiger partial charge in [-0.15, -0.1) is 0 Å². The van der Waals surface area contributed by atoms with Gasteiger partial charge in [-0.1, -0.05) is 0 Å². The topological polar surface area (TPSA) is 101 Å². The number of carbonyl (C=O) groups excluding carboxylic acids is 2. The predicted molar refractivity (Wildman–Crippen MR) is 52.3 cm³/mol. The van der Waals surface area contributed by atoms with Gasteiger partial charge in [-0.2, -0.15) is 0 Å². The third kappa shape index (κ3) is 2.84. The van der Waals surface area contributed by atoms with Crippen LogP contribution in [0.5, 0.6) is 17.4 Å². The summed E-state index contributed by atoms with van der Waals surface area (Å²) in [5.74, 6) is -0.689. The van der Waals surface area contributed by atoms with Crippen LogP contribution in [0.1, 0.15) is 6.92 Å². The highest BCUT2D eigenvalue weighted by atomic mass is 16.6. The van der Waals surface area contributed by atoms with Gasteiger partial charge >= 0.3 is 12.1 Å². The van der Waals surface area contributed by atoms with Gasteiger partial charge in [-0.3, -0.25) is 4.79 Å². The number of esters is 1. The molecule has 0 radical (unpaired) electrons. The number of amides is 1. The van der Waals surface area contributed by atoms with Gasteiger partial charge in [-0.05, 0) is 0 Å². The lowest BCUT2D eigenvalue weighted by Gasteiger charge is -2.10. The molecule has 0 aromatic carbocycles. The van der Waals surface area contributed by atoms with Crippen molar-refractivity contribution in [1.29, 1.82) is 0 Å². The Kier molecular flexibility index (Phi) is 3.65. The summed E-state index contributed by atoms with van der Waals surface area (Å²) in [7, 11) is 1.33. The smallest absolute Gasteiger partial charge is 0.410 e. The minimum absolute atomic E-state index is 0.00227. The molecule has 2 N–H and O–H groups in total. The molecule has 7 heteroatoms. The van der Waals surface area contributed by atoms with Crippen LogP contribution in [-0.4, -0.2) is 24.2 Å². The molecule has 7 nitrogen and oxygen atoms in total. The predicted octanol–water partition coefficient (Wildman–Crippen LogP) is 0.473. The van der Waals surface area contributed by atoms with E-state index in [1.54, 1.807) is 0 Å². The molecule has 0 atom stereocenters. The van der Waals surface area contributed by atoms with Crippen LogP contribution < -0.4 is 19.9 Å². The zero-order chi connectivity index (χ0) is 12.1. The molecule has 0 aliphatic heterocycles. The molecule has 16 heavy (non-hydrogen) atoms. The zero-order valence-electron chi connectivity index (χ0n) is 8.72. The van der Waals surface area contributed by atoms with Crippen LogP contribution >= 0.6 is 0 Å².